The quantitative estimate of drug-likeness (QED) is 0.530. The van der Waals surface area contributed by atoms with Crippen molar-refractivity contribution in [1.82, 2.24) is 10.2 Å². The topological polar surface area (TPSA) is 50.8 Å². The van der Waals surface area contributed by atoms with Crippen molar-refractivity contribution < 1.29 is 18.7 Å². The zero-order chi connectivity index (χ0) is 23.0. The van der Waals surface area contributed by atoms with Crippen molar-refractivity contribution in [2.75, 3.05) is 20.2 Å². The number of ether oxygens (including phenoxy) is 2. The number of nitrogens with one attached hydrogen (secondary N) is 1. The van der Waals surface area contributed by atoms with Crippen molar-refractivity contribution in [2.45, 2.75) is 31.8 Å². The molecule has 3 aromatic carbocycles. The van der Waals surface area contributed by atoms with E-state index in [1.165, 1.54) is 17.7 Å². The first-order valence-electron chi connectivity index (χ1n) is 11.2. The predicted molar refractivity (Wildman–Crippen MR) is 126 cm³/mol. The van der Waals surface area contributed by atoms with Crippen molar-refractivity contribution in [3.8, 4) is 17.2 Å². The molecule has 1 heterocycles. The highest BCUT2D eigenvalue weighted by Gasteiger charge is 2.21. The summed E-state index contributed by atoms with van der Waals surface area (Å²) in [5.74, 6) is 1.87. The third-order valence-corrected chi connectivity index (χ3v) is 5.83. The summed E-state index contributed by atoms with van der Waals surface area (Å²) >= 11 is 0. The summed E-state index contributed by atoms with van der Waals surface area (Å²) in [5, 5.41) is 3.12. The van der Waals surface area contributed by atoms with Gasteiger partial charge in [-0.25, -0.2) is 4.39 Å². The lowest BCUT2D eigenvalue weighted by atomic mass is 10.0. The van der Waals surface area contributed by atoms with E-state index in [4.69, 9.17) is 9.47 Å². The maximum Gasteiger partial charge on any atom is 0.224 e. The number of carbonyl (C=O) groups excluding carboxylic acids is 1. The lowest BCUT2D eigenvalue weighted by Gasteiger charge is -2.32. The van der Waals surface area contributed by atoms with E-state index >= 15 is 0 Å². The van der Waals surface area contributed by atoms with Gasteiger partial charge in [-0.15, -0.1) is 0 Å². The van der Waals surface area contributed by atoms with Gasteiger partial charge < -0.3 is 14.8 Å². The Balaban J connectivity index is 1.25. The first kappa shape index (κ1) is 22.8. The van der Waals surface area contributed by atoms with Gasteiger partial charge in [-0.05, 0) is 60.4 Å². The van der Waals surface area contributed by atoms with E-state index in [1.54, 1.807) is 19.2 Å². The molecule has 0 aromatic heterocycles. The molecule has 0 radical (unpaired) electrons. The van der Waals surface area contributed by atoms with Crippen molar-refractivity contribution in [1.29, 1.82) is 0 Å². The number of methoxy groups -OCH3 is 1. The average molecular weight is 449 g/mol. The van der Waals surface area contributed by atoms with Crippen molar-refractivity contribution in [2.24, 2.45) is 0 Å². The summed E-state index contributed by atoms with van der Waals surface area (Å²) in [5.41, 5.74) is 2.00. The van der Waals surface area contributed by atoms with Crippen molar-refractivity contribution in [3.05, 3.63) is 89.7 Å². The highest BCUT2D eigenvalue weighted by Crippen LogP contribution is 2.31. The maximum atomic E-state index is 13.0. The SMILES string of the molecule is COc1ccccc1Oc1cccc(CN2CCC(NC(=O)Cc3ccc(F)cc3)CC2)c1. The largest absolute Gasteiger partial charge is 0.493 e. The van der Waals surface area contributed by atoms with Crippen LogP contribution in [0.5, 0.6) is 17.2 Å². The number of piperidine rings is 1. The van der Waals surface area contributed by atoms with E-state index in [-0.39, 0.29) is 24.2 Å². The molecule has 0 spiro atoms. The van der Waals surface area contributed by atoms with Gasteiger partial charge in [-0.1, -0.05) is 36.4 Å². The van der Waals surface area contributed by atoms with Crippen LogP contribution >= 0.6 is 0 Å². The molecule has 33 heavy (non-hydrogen) atoms. The molecule has 3 aromatic rings. The molecular formula is C27H29FN2O3. The van der Waals surface area contributed by atoms with Gasteiger partial charge in [0.05, 0.1) is 13.5 Å². The Kier molecular flexibility index (Phi) is 7.58. The zero-order valence-electron chi connectivity index (χ0n) is 18.8. The molecule has 6 heteroatoms. The monoisotopic (exact) mass is 448 g/mol. The van der Waals surface area contributed by atoms with Gasteiger partial charge in [0.2, 0.25) is 5.91 Å². The van der Waals surface area contributed by atoms with Crippen LogP contribution in [0.3, 0.4) is 0 Å². The molecule has 1 N–H and O–H groups in total. The minimum atomic E-state index is -0.288. The number of para-hydroxylation sites is 2. The van der Waals surface area contributed by atoms with Gasteiger partial charge >= 0.3 is 0 Å². The molecule has 0 atom stereocenters. The number of amides is 1. The Morgan fingerprint density at radius 2 is 1.70 bits per heavy atom. The van der Waals surface area contributed by atoms with Gasteiger partial charge in [0.1, 0.15) is 11.6 Å². The lowest BCUT2D eigenvalue weighted by molar-refractivity contribution is -0.121. The minimum absolute atomic E-state index is 0.0127. The van der Waals surface area contributed by atoms with Crippen LogP contribution in [0.2, 0.25) is 0 Å². The summed E-state index contributed by atoms with van der Waals surface area (Å²) in [6, 6.07) is 22.0. The van der Waals surface area contributed by atoms with Gasteiger partial charge in [0.25, 0.3) is 0 Å². The van der Waals surface area contributed by atoms with Crippen LogP contribution in [0.25, 0.3) is 0 Å². The maximum absolute atomic E-state index is 13.0. The van der Waals surface area contributed by atoms with Crippen LogP contribution in [0.15, 0.2) is 72.8 Å². The van der Waals surface area contributed by atoms with E-state index < -0.39 is 0 Å². The lowest BCUT2D eigenvalue weighted by Crippen LogP contribution is -2.44. The standard InChI is InChI=1S/C27H29FN2O3/c1-32-25-7-2-3-8-26(25)33-24-6-4-5-21(17-24)19-30-15-13-23(14-16-30)29-27(31)18-20-9-11-22(28)12-10-20/h2-12,17,23H,13-16,18-19H2,1H3,(H,29,31). The number of hydrogen-bond acceptors (Lipinski definition) is 4. The fourth-order valence-corrected chi connectivity index (χ4v) is 4.10. The van der Waals surface area contributed by atoms with Gasteiger partial charge in [-0.2, -0.15) is 0 Å². The van der Waals surface area contributed by atoms with Crippen LogP contribution in [0.4, 0.5) is 4.39 Å². The van der Waals surface area contributed by atoms with Crippen molar-refractivity contribution in [3.63, 3.8) is 0 Å². The third-order valence-electron chi connectivity index (χ3n) is 5.83. The first-order chi connectivity index (χ1) is 16.1. The molecule has 1 amide bonds. The molecule has 172 valence electrons. The molecule has 0 aliphatic carbocycles. The van der Waals surface area contributed by atoms with Gasteiger partial charge in [0.15, 0.2) is 11.5 Å². The molecule has 0 saturated carbocycles. The third kappa shape index (κ3) is 6.56. The zero-order valence-corrected chi connectivity index (χ0v) is 18.8. The molecule has 1 saturated heterocycles. The fraction of sp³-hybridized carbons (Fsp3) is 0.296. The van der Waals surface area contributed by atoms with E-state index in [9.17, 15) is 9.18 Å². The summed E-state index contributed by atoms with van der Waals surface area (Å²) < 4.78 is 24.4. The second-order valence-electron chi connectivity index (χ2n) is 8.32. The molecule has 0 bridgehead atoms. The Bertz CT molecular complexity index is 1060. The van der Waals surface area contributed by atoms with Gasteiger partial charge in [0, 0.05) is 25.7 Å². The Morgan fingerprint density at radius 1 is 0.970 bits per heavy atom. The second-order valence-corrected chi connectivity index (χ2v) is 8.32. The normalized spacial score (nSPS) is 14.6. The highest BCUT2D eigenvalue weighted by atomic mass is 19.1. The van der Waals surface area contributed by atoms with Crippen LogP contribution in [0.1, 0.15) is 24.0 Å². The van der Waals surface area contributed by atoms with Crippen LogP contribution in [0, 0.1) is 5.82 Å². The number of benzene rings is 3. The Labute approximate surface area is 194 Å². The number of halogens is 1. The number of likely N-dealkylation sites (tertiary alicyclic amines) is 1. The number of carbonyl (C=O) groups is 1. The van der Waals surface area contributed by atoms with Crippen molar-refractivity contribution >= 4 is 5.91 Å². The number of hydrogen-bond donors (Lipinski definition) is 1. The van der Waals surface area contributed by atoms with E-state index in [0.29, 0.717) is 11.5 Å². The molecule has 0 unspecified atom stereocenters. The molecule has 1 fully saturated rings. The average Bonchev–Trinajstić information content (AvgIpc) is 2.82. The van der Waals surface area contributed by atoms with Crippen LogP contribution < -0.4 is 14.8 Å². The van der Waals surface area contributed by atoms with E-state index in [0.717, 1.165) is 43.8 Å². The highest BCUT2D eigenvalue weighted by molar-refractivity contribution is 5.78. The molecule has 5 nitrogen and oxygen atoms in total. The number of nitrogens with zero attached hydrogens (tertiary/aromatic N) is 1. The molecule has 1 aliphatic rings. The van der Waals surface area contributed by atoms with E-state index in [2.05, 4.69) is 22.3 Å². The molecular weight excluding hydrogens is 419 g/mol. The van der Waals surface area contributed by atoms with Crippen LogP contribution in [-0.4, -0.2) is 37.0 Å². The molecule has 1 aliphatic heterocycles. The second kappa shape index (κ2) is 11.0. The fourth-order valence-electron chi connectivity index (χ4n) is 4.10. The summed E-state index contributed by atoms with van der Waals surface area (Å²) in [6.07, 6.45) is 2.10. The van der Waals surface area contributed by atoms with Crippen LogP contribution in [-0.2, 0) is 17.8 Å². The Morgan fingerprint density at radius 3 is 2.42 bits per heavy atom. The summed E-state index contributed by atoms with van der Waals surface area (Å²) in [4.78, 5) is 14.7. The van der Waals surface area contributed by atoms with Gasteiger partial charge in [-0.3, -0.25) is 9.69 Å². The smallest absolute Gasteiger partial charge is 0.224 e. The minimum Gasteiger partial charge on any atom is -0.493 e. The summed E-state index contributed by atoms with van der Waals surface area (Å²) in [6.45, 7) is 2.66. The van der Waals surface area contributed by atoms with E-state index in [1.807, 2.05) is 36.4 Å². The summed E-state index contributed by atoms with van der Waals surface area (Å²) in [7, 11) is 1.63. The first-order valence-corrected chi connectivity index (χ1v) is 11.2. The molecule has 4 rings (SSSR count). The predicted octanol–water partition coefficient (Wildman–Crippen LogP) is 4.95. The Hall–Kier alpha value is -3.38. The number of rotatable bonds is 8.